The molecule has 0 unspecified atom stereocenters. The van der Waals surface area contributed by atoms with E-state index in [0.717, 1.165) is 6.07 Å². The molecule has 0 amide bonds. The molecule has 0 spiro atoms. The van der Waals surface area contributed by atoms with Crippen LogP contribution in [0, 0.1) is 0 Å². The molecule has 0 atom stereocenters. The number of carbonyl (C=O) groups is 1. The largest absolute Gasteiger partial charge is 0.457 e. The second kappa shape index (κ2) is 3.51. The van der Waals surface area contributed by atoms with Crippen molar-refractivity contribution in [1.82, 2.24) is 0 Å². The molecule has 0 saturated heterocycles. The third-order valence-electron chi connectivity index (χ3n) is 2.24. The summed E-state index contributed by atoms with van der Waals surface area (Å²) in [4.78, 5) is 10.6. The Morgan fingerprint density at radius 1 is 1.31 bits per heavy atom. The molecule has 0 aliphatic carbocycles. The lowest BCUT2D eigenvalue weighted by Gasteiger charge is -2.06. The molecule has 1 aliphatic rings. The monoisotopic (exact) mass is 248 g/mol. The molecule has 0 fully saturated rings. The highest BCUT2D eigenvalue weighted by Crippen LogP contribution is 2.29. The Balaban J connectivity index is 2.66. The lowest BCUT2D eigenvalue weighted by molar-refractivity contribution is 0.0534. The Hall–Kier alpha value is -1.50. The van der Waals surface area contributed by atoms with Crippen LogP contribution in [-0.2, 0) is 21.2 Å². The third kappa shape index (κ3) is 1.47. The van der Waals surface area contributed by atoms with Crippen molar-refractivity contribution in [3.8, 4) is 0 Å². The normalized spacial score (nSPS) is 15.1. The number of alkyl halides is 2. The number of sulfone groups is 1. The van der Waals surface area contributed by atoms with Gasteiger partial charge in [0, 0.05) is 5.56 Å². The second-order valence-electron chi connectivity index (χ2n) is 3.16. The zero-order valence-electron chi connectivity index (χ0n) is 7.81. The second-order valence-corrected chi connectivity index (χ2v) is 5.05. The summed E-state index contributed by atoms with van der Waals surface area (Å²) in [6.07, 6.45) is 0. The highest BCUT2D eigenvalue weighted by Gasteiger charge is 2.34. The van der Waals surface area contributed by atoms with E-state index in [2.05, 4.69) is 4.74 Å². The molecule has 0 bridgehead atoms. The van der Waals surface area contributed by atoms with E-state index >= 15 is 0 Å². The van der Waals surface area contributed by atoms with Crippen molar-refractivity contribution < 1.29 is 26.7 Å². The minimum absolute atomic E-state index is 0.00722. The lowest BCUT2D eigenvalue weighted by Crippen LogP contribution is -2.13. The van der Waals surface area contributed by atoms with Gasteiger partial charge in [-0.3, -0.25) is 0 Å². The average Bonchev–Trinajstić information content (AvgIpc) is 2.60. The Labute approximate surface area is 89.8 Å². The van der Waals surface area contributed by atoms with Crippen LogP contribution in [0.1, 0.15) is 15.9 Å². The van der Waals surface area contributed by atoms with Crippen molar-refractivity contribution in [3.63, 3.8) is 0 Å². The Morgan fingerprint density at radius 2 is 2.00 bits per heavy atom. The van der Waals surface area contributed by atoms with Crippen LogP contribution < -0.4 is 0 Å². The van der Waals surface area contributed by atoms with Crippen LogP contribution in [0.5, 0.6) is 0 Å². The number of ether oxygens (including phenoxy) is 1. The van der Waals surface area contributed by atoms with Crippen LogP contribution in [0.2, 0.25) is 0 Å². The fraction of sp³-hybridized carbons (Fsp3) is 0.222. The molecule has 2 rings (SSSR count). The van der Waals surface area contributed by atoms with E-state index in [4.69, 9.17) is 0 Å². The van der Waals surface area contributed by atoms with Gasteiger partial charge in [0.15, 0.2) is 0 Å². The van der Waals surface area contributed by atoms with E-state index in [9.17, 15) is 22.0 Å². The minimum Gasteiger partial charge on any atom is -0.457 e. The molecule has 1 heterocycles. The van der Waals surface area contributed by atoms with E-state index in [1.54, 1.807) is 0 Å². The van der Waals surface area contributed by atoms with Gasteiger partial charge < -0.3 is 4.74 Å². The number of fused-ring (bicyclic) bond motifs is 1. The number of rotatable bonds is 2. The predicted octanol–water partition coefficient (Wildman–Crippen LogP) is 1.35. The predicted molar refractivity (Wildman–Crippen MR) is 48.8 cm³/mol. The third-order valence-corrected chi connectivity index (χ3v) is 3.71. The van der Waals surface area contributed by atoms with Gasteiger partial charge in [-0.2, -0.15) is 8.78 Å². The molecule has 0 radical (unpaired) electrons. The molecule has 4 nitrogen and oxygen atoms in total. The van der Waals surface area contributed by atoms with Gasteiger partial charge in [-0.1, -0.05) is 6.07 Å². The summed E-state index contributed by atoms with van der Waals surface area (Å²) in [5, 5.41) is 0. The molecule has 1 aliphatic heterocycles. The number of halogens is 2. The molecule has 7 heteroatoms. The topological polar surface area (TPSA) is 60.4 Å². The zero-order chi connectivity index (χ0) is 11.9. The molecule has 0 saturated carbocycles. The number of hydrogen-bond acceptors (Lipinski definition) is 4. The first kappa shape index (κ1) is 11.0. The maximum Gasteiger partial charge on any atom is 0.341 e. The molecule has 86 valence electrons. The van der Waals surface area contributed by atoms with Gasteiger partial charge in [0.2, 0.25) is 9.84 Å². The summed E-state index contributed by atoms with van der Waals surface area (Å²) in [7, 11) is -4.69. The van der Waals surface area contributed by atoms with Gasteiger partial charge in [0.05, 0.1) is 10.5 Å². The first-order valence-corrected chi connectivity index (χ1v) is 5.80. The summed E-state index contributed by atoms with van der Waals surface area (Å²) < 4.78 is 51.9. The minimum atomic E-state index is -4.69. The number of esters is 1. The number of benzene rings is 1. The van der Waals surface area contributed by atoms with Crippen molar-refractivity contribution in [3.05, 3.63) is 29.3 Å². The van der Waals surface area contributed by atoms with Gasteiger partial charge in [-0.25, -0.2) is 13.2 Å². The molecule has 1 aromatic rings. The standard InChI is InChI=1S/C9H6F2O4S/c10-9(11)16(13,14)7-3-1-2-5-6(7)4-15-8(5)12/h1-3,9H,4H2. The van der Waals surface area contributed by atoms with Crippen LogP contribution in [0.15, 0.2) is 23.1 Å². The maximum absolute atomic E-state index is 12.4. The number of carbonyl (C=O) groups excluding carboxylic acids is 1. The summed E-state index contributed by atoms with van der Waals surface area (Å²) >= 11 is 0. The SMILES string of the molecule is O=C1OCc2c1cccc2S(=O)(=O)C(F)F. The summed E-state index contributed by atoms with van der Waals surface area (Å²) in [5.74, 6) is -4.20. The Kier molecular flexibility index (Phi) is 2.42. The van der Waals surface area contributed by atoms with Gasteiger partial charge >= 0.3 is 11.7 Å². The van der Waals surface area contributed by atoms with Crippen molar-refractivity contribution in [2.45, 2.75) is 17.3 Å². The van der Waals surface area contributed by atoms with Crippen molar-refractivity contribution in [2.24, 2.45) is 0 Å². The molecule has 0 aromatic heterocycles. The van der Waals surface area contributed by atoms with Crippen LogP contribution in [0.25, 0.3) is 0 Å². The van der Waals surface area contributed by atoms with E-state index in [0.29, 0.717) is 0 Å². The number of cyclic esters (lactones) is 1. The first-order valence-electron chi connectivity index (χ1n) is 4.25. The smallest absolute Gasteiger partial charge is 0.341 e. The van der Waals surface area contributed by atoms with Gasteiger partial charge in [-0.15, -0.1) is 0 Å². The Bertz CT molecular complexity index is 551. The van der Waals surface area contributed by atoms with Gasteiger partial charge in [0.1, 0.15) is 6.61 Å². The lowest BCUT2D eigenvalue weighted by atomic mass is 10.1. The van der Waals surface area contributed by atoms with E-state index in [1.165, 1.54) is 12.1 Å². The molecule has 0 N–H and O–H groups in total. The van der Waals surface area contributed by atoms with Crippen LogP contribution >= 0.6 is 0 Å². The fourth-order valence-electron chi connectivity index (χ4n) is 1.48. The molecular weight excluding hydrogens is 242 g/mol. The summed E-state index contributed by atoms with van der Waals surface area (Å²) in [6, 6.07) is 3.62. The summed E-state index contributed by atoms with van der Waals surface area (Å²) in [6.45, 7) is -0.281. The van der Waals surface area contributed by atoms with Crippen molar-refractivity contribution in [2.75, 3.05) is 0 Å². The highest BCUT2D eigenvalue weighted by atomic mass is 32.2. The Morgan fingerprint density at radius 3 is 2.62 bits per heavy atom. The van der Waals surface area contributed by atoms with Gasteiger partial charge in [-0.05, 0) is 12.1 Å². The fourth-order valence-corrected chi connectivity index (χ4v) is 2.46. The first-order chi connectivity index (χ1) is 7.44. The van der Waals surface area contributed by atoms with Crippen molar-refractivity contribution >= 4 is 15.8 Å². The zero-order valence-corrected chi connectivity index (χ0v) is 8.63. The molecule has 1 aromatic carbocycles. The van der Waals surface area contributed by atoms with Crippen LogP contribution in [-0.4, -0.2) is 20.1 Å². The maximum atomic E-state index is 12.4. The van der Waals surface area contributed by atoms with Crippen LogP contribution in [0.4, 0.5) is 8.78 Å². The van der Waals surface area contributed by atoms with E-state index in [-0.39, 0.29) is 17.7 Å². The highest BCUT2D eigenvalue weighted by molar-refractivity contribution is 7.91. The van der Waals surface area contributed by atoms with E-state index < -0.39 is 26.5 Å². The number of hydrogen-bond donors (Lipinski definition) is 0. The van der Waals surface area contributed by atoms with Crippen molar-refractivity contribution in [1.29, 1.82) is 0 Å². The van der Waals surface area contributed by atoms with E-state index in [1.807, 2.05) is 0 Å². The average molecular weight is 248 g/mol. The van der Waals surface area contributed by atoms with Gasteiger partial charge in [0.25, 0.3) is 0 Å². The molecular formula is C9H6F2O4S. The summed E-state index contributed by atoms with van der Waals surface area (Å²) in [5.41, 5.74) is 0.0366. The molecule has 16 heavy (non-hydrogen) atoms. The van der Waals surface area contributed by atoms with Crippen LogP contribution in [0.3, 0.4) is 0 Å². The quantitative estimate of drug-likeness (QED) is 0.741.